The highest BCUT2D eigenvalue weighted by molar-refractivity contribution is 6.01. The highest BCUT2D eigenvalue weighted by atomic mass is 16.2. The lowest BCUT2D eigenvalue weighted by molar-refractivity contribution is -0.138. The van der Waals surface area contributed by atoms with Crippen molar-refractivity contribution in [1.82, 2.24) is 10.2 Å². The van der Waals surface area contributed by atoms with Crippen LogP contribution in [0, 0.1) is 0 Å². The van der Waals surface area contributed by atoms with E-state index in [0.29, 0.717) is 12.8 Å². The van der Waals surface area contributed by atoms with Gasteiger partial charge in [-0.3, -0.25) is 19.3 Å². The van der Waals surface area contributed by atoms with E-state index in [1.807, 2.05) is 0 Å². The third-order valence-electron chi connectivity index (χ3n) is 3.72. The van der Waals surface area contributed by atoms with Crippen LogP contribution in [0.2, 0.25) is 0 Å². The first kappa shape index (κ1) is 13.0. The van der Waals surface area contributed by atoms with Crippen LogP contribution in [0.15, 0.2) is 0 Å². The fourth-order valence-electron chi connectivity index (χ4n) is 2.56. The number of nitrogens with zero attached hydrogens (tertiary/aromatic N) is 1. The van der Waals surface area contributed by atoms with Gasteiger partial charge < -0.3 is 11.1 Å². The van der Waals surface area contributed by atoms with Crippen molar-refractivity contribution in [2.75, 3.05) is 13.1 Å². The maximum Gasteiger partial charge on any atom is 0.240 e. The molecule has 100 valence electrons. The average Bonchev–Trinajstić information content (AvgIpc) is 2.90. The molecular weight excluding hydrogens is 234 g/mol. The minimum absolute atomic E-state index is 0.155. The summed E-state index contributed by atoms with van der Waals surface area (Å²) in [7, 11) is 0. The second-order valence-corrected chi connectivity index (χ2v) is 5.06. The molecule has 1 aliphatic heterocycles. The number of likely N-dealkylation sites (tertiary alicyclic amines) is 1. The molecule has 1 heterocycles. The van der Waals surface area contributed by atoms with Gasteiger partial charge in [-0.2, -0.15) is 0 Å². The van der Waals surface area contributed by atoms with Crippen LogP contribution in [0.3, 0.4) is 0 Å². The molecule has 3 amide bonds. The summed E-state index contributed by atoms with van der Waals surface area (Å²) < 4.78 is 0. The summed E-state index contributed by atoms with van der Waals surface area (Å²) in [6, 6.07) is 0. The minimum Gasteiger partial charge on any atom is -0.353 e. The topological polar surface area (TPSA) is 92.5 Å². The van der Waals surface area contributed by atoms with E-state index >= 15 is 0 Å². The molecule has 3 N–H and O–H groups in total. The molecule has 6 heteroatoms. The summed E-state index contributed by atoms with van der Waals surface area (Å²) in [6.45, 7) is 0.536. The molecule has 2 rings (SSSR count). The number of imide groups is 1. The number of nitrogens with two attached hydrogens (primary N) is 1. The Hall–Kier alpha value is -1.43. The number of carbonyl (C=O) groups is 3. The number of hydrogen-bond donors (Lipinski definition) is 2. The van der Waals surface area contributed by atoms with Crippen LogP contribution >= 0.6 is 0 Å². The molecule has 0 aromatic heterocycles. The number of amides is 3. The molecule has 0 aromatic rings. The smallest absolute Gasteiger partial charge is 0.240 e. The van der Waals surface area contributed by atoms with E-state index in [0.717, 1.165) is 12.8 Å². The van der Waals surface area contributed by atoms with Gasteiger partial charge in [-0.05, 0) is 12.8 Å². The molecule has 1 saturated heterocycles. The fourth-order valence-corrected chi connectivity index (χ4v) is 2.56. The molecule has 0 spiro atoms. The Kier molecular flexibility index (Phi) is 3.65. The quantitative estimate of drug-likeness (QED) is 0.662. The van der Waals surface area contributed by atoms with Crippen LogP contribution in [0.5, 0.6) is 0 Å². The van der Waals surface area contributed by atoms with Crippen molar-refractivity contribution in [2.45, 2.75) is 44.1 Å². The van der Waals surface area contributed by atoms with Crippen molar-refractivity contribution < 1.29 is 14.4 Å². The van der Waals surface area contributed by atoms with Gasteiger partial charge in [0.25, 0.3) is 0 Å². The van der Waals surface area contributed by atoms with Crippen LogP contribution < -0.4 is 11.1 Å². The largest absolute Gasteiger partial charge is 0.353 e. The van der Waals surface area contributed by atoms with Gasteiger partial charge in [0.05, 0.1) is 5.54 Å². The van der Waals surface area contributed by atoms with Gasteiger partial charge in [0.1, 0.15) is 0 Å². The van der Waals surface area contributed by atoms with Gasteiger partial charge >= 0.3 is 0 Å². The lowest BCUT2D eigenvalue weighted by atomic mass is 9.98. The van der Waals surface area contributed by atoms with Gasteiger partial charge in [-0.1, -0.05) is 12.8 Å². The predicted molar refractivity (Wildman–Crippen MR) is 64.4 cm³/mol. The van der Waals surface area contributed by atoms with Crippen molar-refractivity contribution in [2.24, 2.45) is 5.73 Å². The van der Waals surface area contributed by atoms with Crippen molar-refractivity contribution in [3.8, 4) is 0 Å². The summed E-state index contributed by atoms with van der Waals surface area (Å²) >= 11 is 0. The Morgan fingerprint density at radius 3 is 2.33 bits per heavy atom. The molecule has 6 nitrogen and oxygen atoms in total. The van der Waals surface area contributed by atoms with E-state index in [9.17, 15) is 14.4 Å². The molecule has 1 saturated carbocycles. The second kappa shape index (κ2) is 5.06. The van der Waals surface area contributed by atoms with Crippen molar-refractivity contribution in [3.63, 3.8) is 0 Å². The molecular formula is C12H19N3O3. The molecule has 0 atom stereocenters. The first-order chi connectivity index (χ1) is 8.53. The Labute approximate surface area is 106 Å². The van der Waals surface area contributed by atoms with Gasteiger partial charge in [0.2, 0.25) is 17.7 Å². The lowest BCUT2D eigenvalue weighted by Gasteiger charge is -2.23. The summed E-state index contributed by atoms with van der Waals surface area (Å²) in [5, 5.41) is 2.72. The monoisotopic (exact) mass is 253 g/mol. The highest BCUT2D eigenvalue weighted by Crippen LogP contribution is 2.27. The van der Waals surface area contributed by atoms with Crippen LogP contribution in [0.4, 0.5) is 0 Å². The maximum absolute atomic E-state index is 11.9. The first-order valence-electron chi connectivity index (χ1n) is 6.43. The Morgan fingerprint density at radius 1 is 1.22 bits per heavy atom. The zero-order chi connectivity index (χ0) is 13.2. The number of carbonyl (C=O) groups excluding carboxylic acids is 3. The normalized spacial score (nSPS) is 22.6. The van der Waals surface area contributed by atoms with Crippen LogP contribution in [-0.2, 0) is 14.4 Å². The first-order valence-corrected chi connectivity index (χ1v) is 6.43. The van der Waals surface area contributed by atoms with Crippen LogP contribution in [0.1, 0.15) is 38.5 Å². The predicted octanol–water partition coefficient (Wildman–Crippen LogP) is -0.477. The number of nitrogens with one attached hydrogen (secondary N) is 1. The molecule has 1 aliphatic carbocycles. The van der Waals surface area contributed by atoms with E-state index in [2.05, 4.69) is 5.32 Å². The molecule has 18 heavy (non-hydrogen) atoms. The highest BCUT2D eigenvalue weighted by Gasteiger charge is 2.37. The standard InChI is InChI=1S/C12H19N3O3/c13-12(5-1-2-6-12)11(18)14-7-8-15-9(16)3-4-10(15)17/h1-8,13H2,(H,14,18). The van der Waals surface area contributed by atoms with Crippen molar-refractivity contribution in [1.29, 1.82) is 0 Å². The van der Waals surface area contributed by atoms with Gasteiger partial charge in [0, 0.05) is 25.9 Å². The van der Waals surface area contributed by atoms with Gasteiger partial charge in [-0.25, -0.2) is 0 Å². The third-order valence-corrected chi connectivity index (χ3v) is 3.72. The Balaban J connectivity index is 1.77. The summed E-state index contributed by atoms with van der Waals surface area (Å²) in [6.07, 6.45) is 3.95. The summed E-state index contributed by atoms with van der Waals surface area (Å²) in [4.78, 5) is 35.8. The van der Waals surface area contributed by atoms with Crippen LogP contribution in [0.25, 0.3) is 0 Å². The molecule has 2 fully saturated rings. The van der Waals surface area contributed by atoms with E-state index in [1.54, 1.807) is 0 Å². The maximum atomic E-state index is 11.9. The zero-order valence-corrected chi connectivity index (χ0v) is 10.4. The average molecular weight is 253 g/mol. The number of hydrogen-bond acceptors (Lipinski definition) is 4. The zero-order valence-electron chi connectivity index (χ0n) is 10.4. The molecule has 2 aliphatic rings. The lowest BCUT2D eigenvalue weighted by Crippen LogP contribution is -2.53. The molecule has 0 radical (unpaired) electrons. The van der Waals surface area contributed by atoms with Crippen molar-refractivity contribution >= 4 is 17.7 Å². The third kappa shape index (κ3) is 2.53. The number of rotatable bonds is 4. The molecule has 0 aromatic carbocycles. The van der Waals surface area contributed by atoms with E-state index in [4.69, 9.17) is 5.73 Å². The fraction of sp³-hybridized carbons (Fsp3) is 0.750. The van der Waals surface area contributed by atoms with Crippen LogP contribution in [-0.4, -0.2) is 41.2 Å². The second-order valence-electron chi connectivity index (χ2n) is 5.06. The SMILES string of the molecule is NC1(C(=O)NCCN2C(=O)CCC2=O)CCCC1. The van der Waals surface area contributed by atoms with E-state index < -0.39 is 5.54 Å². The molecule has 0 unspecified atom stereocenters. The minimum atomic E-state index is -0.751. The van der Waals surface area contributed by atoms with E-state index in [-0.39, 0.29) is 43.7 Å². The summed E-state index contributed by atoms with van der Waals surface area (Å²) in [5.41, 5.74) is 5.24. The summed E-state index contributed by atoms with van der Waals surface area (Å²) in [5.74, 6) is -0.478. The Bertz CT molecular complexity index is 359. The van der Waals surface area contributed by atoms with Crippen molar-refractivity contribution in [3.05, 3.63) is 0 Å². The van der Waals surface area contributed by atoms with Gasteiger partial charge in [-0.15, -0.1) is 0 Å². The van der Waals surface area contributed by atoms with E-state index in [1.165, 1.54) is 4.90 Å². The molecule has 0 bridgehead atoms. The van der Waals surface area contributed by atoms with Gasteiger partial charge in [0.15, 0.2) is 0 Å². The Morgan fingerprint density at radius 2 is 1.78 bits per heavy atom.